The number of hydrogen-bond acceptors (Lipinski definition) is 0. The van der Waals surface area contributed by atoms with Crippen LogP contribution in [-0.2, 0) is 0 Å². The molecule has 0 saturated carbocycles. The van der Waals surface area contributed by atoms with Gasteiger partial charge in [0.1, 0.15) is 0 Å². The van der Waals surface area contributed by atoms with Crippen molar-refractivity contribution in [3.05, 3.63) is 218 Å². The lowest BCUT2D eigenvalue weighted by atomic mass is 9.84. The SMILES string of the molecule is c1ccc2cc(-c3ccc(-c4c5ccccc5c(-c5ccc(-c6ccc7ccccc7c6)cc5)c5cc(-c6cccc7ccccc67)ccc45)cc3)ccc2c1. The zero-order valence-electron chi connectivity index (χ0n) is 30.8. The first kappa shape index (κ1) is 32.2. The van der Waals surface area contributed by atoms with Gasteiger partial charge in [0, 0.05) is 0 Å². The highest BCUT2D eigenvalue weighted by Gasteiger charge is 2.18. The second kappa shape index (κ2) is 13.2. The fourth-order valence-corrected chi connectivity index (χ4v) is 8.84. The van der Waals surface area contributed by atoms with Crippen molar-refractivity contribution in [1.29, 1.82) is 0 Å². The van der Waals surface area contributed by atoms with Gasteiger partial charge < -0.3 is 0 Å². The van der Waals surface area contributed by atoms with Gasteiger partial charge >= 0.3 is 0 Å². The summed E-state index contributed by atoms with van der Waals surface area (Å²) in [6, 6.07) is 80.5. The first-order chi connectivity index (χ1) is 27.7. The molecular formula is C56H36. The Bertz CT molecular complexity index is 3270. The summed E-state index contributed by atoms with van der Waals surface area (Å²) < 4.78 is 0. The summed E-state index contributed by atoms with van der Waals surface area (Å²) in [6.45, 7) is 0. The number of benzene rings is 11. The van der Waals surface area contributed by atoms with Crippen molar-refractivity contribution in [2.24, 2.45) is 0 Å². The highest BCUT2D eigenvalue weighted by Crippen LogP contribution is 2.46. The van der Waals surface area contributed by atoms with Crippen LogP contribution in [0.1, 0.15) is 0 Å². The Morgan fingerprint density at radius 2 is 0.571 bits per heavy atom. The van der Waals surface area contributed by atoms with E-state index in [1.54, 1.807) is 0 Å². The average Bonchev–Trinajstić information content (AvgIpc) is 3.27. The molecule has 0 N–H and O–H groups in total. The monoisotopic (exact) mass is 708 g/mol. The van der Waals surface area contributed by atoms with Gasteiger partial charge in [-0.05, 0) is 128 Å². The summed E-state index contributed by atoms with van der Waals surface area (Å²) in [5.41, 5.74) is 12.3. The normalized spacial score (nSPS) is 11.6. The van der Waals surface area contributed by atoms with E-state index in [0.717, 1.165) is 0 Å². The fourth-order valence-electron chi connectivity index (χ4n) is 8.84. The molecule has 0 amide bonds. The Kier molecular flexibility index (Phi) is 7.60. The standard InChI is InChI=1S/C56H36/c1-3-13-44-34-46(30-24-37(44)10-1)39-20-26-42(27-21-39)55-51-17-7-8-18-52(51)56(43-28-22-40(23-29-43)47-31-25-38-11-2-4-14-45(38)35-47)54-36-48(32-33-53(54)55)50-19-9-15-41-12-5-6-16-49(41)50/h1-36H. The summed E-state index contributed by atoms with van der Waals surface area (Å²) >= 11 is 0. The molecule has 0 aromatic heterocycles. The third kappa shape index (κ3) is 5.46. The Morgan fingerprint density at radius 3 is 1.14 bits per heavy atom. The second-order valence-corrected chi connectivity index (χ2v) is 14.9. The van der Waals surface area contributed by atoms with Crippen LogP contribution in [0.25, 0.3) is 109 Å². The molecule has 0 atom stereocenters. The molecule has 0 radical (unpaired) electrons. The van der Waals surface area contributed by atoms with Crippen molar-refractivity contribution in [3.8, 4) is 55.6 Å². The molecule has 0 aliphatic rings. The summed E-state index contributed by atoms with van der Waals surface area (Å²) in [5, 5.41) is 12.6. The van der Waals surface area contributed by atoms with Gasteiger partial charge in [-0.3, -0.25) is 0 Å². The van der Waals surface area contributed by atoms with Crippen LogP contribution in [0.3, 0.4) is 0 Å². The molecule has 11 rings (SSSR count). The summed E-state index contributed by atoms with van der Waals surface area (Å²) in [5.74, 6) is 0. The zero-order valence-corrected chi connectivity index (χ0v) is 30.8. The fraction of sp³-hybridized carbons (Fsp3) is 0. The molecule has 56 heavy (non-hydrogen) atoms. The zero-order chi connectivity index (χ0) is 37.0. The van der Waals surface area contributed by atoms with Gasteiger partial charge in [-0.25, -0.2) is 0 Å². The molecule has 0 nitrogen and oxygen atoms in total. The van der Waals surface area contributed by atoms with E-state index in [1.165, 1.54) is 109 Å². The van der Waals surface area contributed by atoms with Gasteiger partial charge in [0.25, 0.3) is 0 Å². The molecule has 0 aliphatic heterocycles. The maximum absolute atomic E-state index is 2.43. The summed E-state index contributed by atoms with van der Waals surface area (Å²) in [7, 11) is 0. The lowest BCUT2D eigenvalue weighted by Gasteiger charge is -2.19. The molecular weight excluding hydrogens is 673 g/mol. The molecule has 0 bridgehead atoms. The minimum absolute atomic E-state index is 1.21. The number of rotatable bonds is 5. The molecule has 0 aliphatic carbocycles. The highest BCUT2D eigenvalue weighted by molar-refractivity contribution is 6.22. The van der Waals surface area contributed by atoms with E-state index >= 15 is 0 Å². The van der Waals surface area contributed by atoms with Crippen LogP contribution in [0.5, 0.6) is 0 Å². The third-order valence-corrected chi connectivity index (χ3v) is 11.6. The van der Waals surface area contributed by atoms with Gasteiger partial charge in [-0.1, -0.05) is 200 Å². The summed E-state index contributed by atoms with van der Waals surface area (Å²) in [4.78, 5) is 0. The molecule has 0 unspecified atom stereocenters. The van der Waals surface area contributed by atoms with Crippen molar-refractivity contribution >= 4 is 53.9 Å². The molecule has 0 spiro atoms. The summed E-state index contributed by atoms with van der Waals surface area (Å²) in [6.07, 6.45) is 0. The predicted octanol–water partition coefficient (Wildman–Crippen LogP) is 15.8. The lowest BCUT2D eigenvalue weighted by Crippen LogP contribution is -1.92. The molecule has 260 valence electrons. The Balaban J connectivity index is 1.11. The van der Waals surface area contributed by atoms with Crippen LogP contribution >= 0.6 is 0 Å². The third-order valence-electron chi connectivity index (χ3n) is 11.6. The maximum Gasteiger partial charge on any atom is -0.00261 e. The number of hydrogen-bond donors (Lipinski definition) is 0. The van der Waals surface area contributed by atoms with Crippen molar-refractivity contribution in [2.75, 3.05) is 0 Å². The van der Waals surface area contributed by atoms with Gasteiger partial charge in [-0.2, -0.15) is 0 Å². The van der Waals surface area contributed by atoms with Gasteiger partial charge in [-0.15, -0.1) is 0 Å². The van der Waals surface area contributed by atoms with E-state index in [0.29, 0.717) is 0 Å². The van der Waals surface area contributed by atoms with Crippen molar-refractivity contribution < 1.29 is 0 Å². The van der Waals surface area contributed by atoms with Crippen molar-refractivity contribution in [1.82, 2.24) is 0 Å². The Morgan fingerprint density at radius 1 is 0.179 bits per heavy atom. The second-order valence-electron chi connectivity index (χ2n) is 14.9. The molecule has 0 saturated heterocycles. The smallest absolute Gasteiger partial charge is 0.00261 e. The van der Waals surface area contributed by atoms with Crippen LogP contribution in [0.2, 0.25) is 0 Å². The van der Waals surface area contributed by atoms with E-state index in [9.17, 15) is 0 Å². The highest BCUT2D eigenvalue weighted by atomic mass is 14.2. The Hall–Kier alpha value is -7.28. The topological polar surface area (TPSA) is 0 Å². The van der Waals surface area contributed by atoms with Gasteiger partial charge in [0.05, 0.1) is 0 Å². The quantitative estimate of drug-likeness (QED) is 0.156. The first-order valence-electron chi connectivity index (χ1n) is 19.4. The number of fused-ring (bicyclic) bond motifs is 5. The molecule has 0 fully saturated rings. The van der Waals surface area contributed by atoms with Crippen LogP contribution in [0.15, 0.2) is 218 Å². The Labute approximate surface area is 326 Å². The van der Waals surface area contributed by atoms with Crippen molar-refractivity contribution in [3.63, 3.8) is 0 Å². The molecule has 0 heteroatoms. The van der Waals surface area contributed by atoms with E-state index < -0.39 is 0 Å². The molecule has 0 heterocycles. The minimum Gasteiger partial charge on any atom is -0.0616 e. The average molecular weight is 709 g/mol. The van der Waals surface area contributed by atoms with Crippen LogP contribution in [0.4, 0.5) is 0 Å². The van der Waals surface area contributed by atoms with E-state index in [1.807, 2.05) is 0 Å². The van der Waals surface area contributed by atoms with E-state index in [2.05, 4.69) is 218 Å². The molecule has 11 aromatic rings. The predicted molar refractivity (Wildman–Crippen MR) is 241 cm³/mol. The first-order valence-corrected chi connectivity index (χ1v) is 19.4. The molecule has 11 aromatic carbocycles. The van der Waals surface area contributed by atoms with Crippen molar-refractivity contribution in [2.45, 2.75) is 0 Å². The van der Waals surface area contributed by atoms with Crippen LogP contribution < -0.4 is 0 Å². The van der Waals surface area contributed by atoms with Crippen LogP contribution in [-0.4, -0.2) is 0 Å². The van der Waals surface area contributed by atoms with Crippen LogP contribution in [0, 0.1) is 0 Å². The largest absolute Gasteiger partial charge is 0.0616 e. The minimum atomic E-state index is 1.21. The maximum atomic E-state index is 2.43. The van der Waals surface area contributed by atoms with E-state index in [4.69, 9.17) is 0 Å². The lowest BCUT2D eigenvalue weighted by molar-refractivity contribution is 1.61. The van der Waals surface area contributed by atoms with E-state index in [-0.39, 0.29) is 0 Å². The van der Waals surface area contributed by atoms with Gasteiger partial charge in [0.2, 0.25) is 0 Å². The van der Waals surface area contributed by atoms with Gasteiger partial charge in [0.15, 0.2) is 0 Å².